The van der Waals surface area contributed by atoms with Gasteiger partial charge in [0.25, 0.3) is 0 Å². The molecule has 0 aliphatic carbocycles. The van der Waals surface area contributed by atoms with Crippen LogP contribution in [-0.4, -0.2) is 0 Å². The highest BCUT2D eigenvalue weighted by molar-refractivity contribution is 5.31. The van der Waals surface area contributed by atoms with Gasteiger partial charge in [-0.3, -0.25) is 0 Å². The van der Waals surface area contributed by atoms with Crippen LogP contribution < -0.4 is 0 Å². The van der Waals surface area contributed by atoms with Crippen LogP contribution in [0.3, 0.4) is 0 Å². The SMILES string of the molecule is Cc1ccc(Cc2ccc(C)cc2)cc1.Cc1ccc(Cc2cccc(C)c2)cc1. The van der Waals surface area contributed by atoms with Crippen molar-refractivity contribution in [3.05, 3.63) is 142 Å². The number of hydrogen-bond donors (Lipinski definition) is 0. The van der Waals surface area contributed by atoms with Crippen LogP contribution in [0, 0.1) is 27.7 Å². The molecule has 30 heavy (non-hydrogen) atoms. The van der Waals surface area contributed by atoms with Crippen molar-refractivity contribution in [2.45, 2.75) is 40.5 Å². The van der Waals surface area contributed by atoms with E-state index in [0.717, 1.165) is 12.8 Å². The Hall–Kier alpha value is -3.12. The molecule has 0 amide bonds. The molecule has 0 nitrogen and oxygen atoms in total. The van der Waals surface area contributed by atoms with Crippen molar-refractivity contribution in [2.75, 3.05) is 0 Å². The molecule has 0 aliphatic heterocycles. The summed E-state index contributed by atoms with van der Waals surface area (Å²) in [5, 5.41) is 0. The zero-order chi connectivity index (χ0) is 21.3. The van der Waals surface area contributed by atoms with Gasteiger partial charge in [-0.15, -0.1) is 0 Å². The third-order valence-electron chi connectivity index (χ3n) is 5.26. The summed E-state index contributed by atoms with van der Waals surface area (Å²) in [6, 6.07) is 34.9. The summed E-state index contributed by atoms with van der Waals surface area (Å²) in [5.74, 6) is 0. The fourth-order valence-electron chi connectivity index (χ4n) is 3.41. The van der Waals surface area contributed by atoms with E-state index >= 15 is 0 Å². The van der Waals surface area contributed by atoms with Crippen LogP contribution >= 0.6 is 0 Å². The molecule has 0 aromatic heterocycles. The van der Waals surface area contributed by atoms with Gasteiger partial charge in [0, 0.05) is 0 Å². The molecule has 0 atom stereocenters. The van der Waals surface area contributed by atoms with Gasteiger partial charge in [-0.1, -0.05) is 119 Å². The predicted octanol–water partition coefficient (Wildman–Crippen LogP) is 7.79. The maximum atomic E-state index is 2.25. The summed E-state index contributed by atoms with van der Waals surface area (Å²) in [7, 11) is 0. The average Bonchev–Trinajstić information content (AvgIpc) is 2.74. The predicted molar refractivity (Wildman–Crippen MR) is 130 cm³/mol. The maximum Gasteiger partial charge on any atom is -0.00257 e. The molecule has 0 unspecified atom stereocenters. The Bertz CT molecular complexity index is 993. The fraction of sp³-hybridized carbons (Fsp3) is 0.200. The lowest BCUT2D eigenvalue weighted by molar-refractivity contribution is 1.18. The zero-order valence-corrected chi connectivity index (χ0v) is 18.7. The minimum Gasteiger partial charge on any atom is -0.0617 e. The van der Waals surface area contributed by atoms with Crippen molar-refractivity contribution >= 4 is 0 Å². The van der Waals surface area contributed by atoms with Crippen LogP contribution in [0.5, 0.6) is 0 Å². The molecule has 0 heterocycles. The first kappa shape index (κ1) is 21.6. The second kappa shape index (κ2) is 10.6. The summed E-state index contributed by atoms with van der Waals surface area (Å²) in [6.45, 7) is 8.50. The number of benzene rings is 4. The summed E-state index contributed by atoms with van der Waals surface area (Å²) in [4.78, 5) is 0. The number of rotatable bonds is 4. The summed E-state index contributed by atoms with van der Waals surface area (Å²) >= 11 is 0. The van der Waals surface area contributed by atoms with Gasteiger partial charge in [0.2, 0.25) is 0 Å². The second-order valence-electron chi connectivity index (χ2n) is 8.30. The molecule has 4 rings (SSSR count). The van der Waals surface area contributed by atoms with Gasteiger partial charge in [-0.25, -0.2) is 0 Å². The highest BCUT2D eigenvalue weighted by Gasteiger charge is 1.97. The molecular formula is C30H32. The first-order valence-electron chi connectivity index (χ1n) is 10.7. The van der Waals surface area contributed by atoms with E-state index in [1.807, 2.05) is 0 Å². The first-order valence-corrected chi connectivity index (χ1v) is 10.7. The quantitative estimate of drug-likeness (QED) is 0.332. The van der Waals surface area contributed by atoms with Gasteiger partial charge >= 0.3 is 0 Å². The van der Waals surface area contributed by atoms with Gasteiger partial charge in [0.15, 0.2) is 0 Å². The van der Waals surface area contributed by atoms with E-state index in [-0.39, 0.29) is 0 Å². The first-order chi connectivity index (χ1) is 14.5. The lowest BCUT2D eigenvalue weighted by Gasteiger charge is -2.03. The normalized spacial score (nSPS) is 10.3. The van der Waals surface area contributed by atoms with E-state index in [9.17, 15) is 0 Å². The average molecular weight is 393 g/mol. The van der Waals surface area contributed by atoms with Crippen molar-refractivity contribution < 1.29 is 0 Å². The largest absolute Gasteiger partial charge is 0.0617 e. The third kappa shape index (κ3) is 7.04. The molecule has 0 spiro atoms. The maximum absolute atomic E-state index is 2.25. The molecule has 0 aliphatic rings. The van der Waals surface area contributed by atoms with Crippen LogP contribution in [0.15, 0.2) is 97.1 Å². The Balaban J connectivity index is 0.000000171. The lowest BCUT2D eigenvalue weighted by atomic mass is 10.0. The number of aryl methyl sites for hydroxylation is 4. The molecule has 0 heteroatoms. The summed E-state index contributed by atoms with van der Waals surface area (Å²) < 4.78 is 0. The van der Waals surface area contributed by atoms with Gasteiger partial charge in [0.1, 0.15) is 0 Å². The Kier molecular flexibility index (Phi) is 7.63. The minimum absolute atomic E-state index is 1.03. The molecule has 152 valence electrons. The Morgan fingerprint density at radius 3 is 1.10 bits per heavy atom. The van der Waals surface area contributed by atoms with Crippen molar-refractivity contribution in [1.29, 1.82) is 0 Å². The minimum atomic E-state index is 1.03. The van der Waals surface area contributed by atoms with Gasteiger partial charge in [-0.2, -0.15) is 0 Å². The zero-order valence-electron chi connectivity index (χ0n) is 18.7. The molecule has 4 aromatic rings. The summed E-state index contributed by atoms with van der Waals surface area (Å²) in [6.07, 6.45) is 2.06. The van der Waals surface area contributed by atoms with E-state index in [0.29, 0.717) is 0 Å². The molecule has 0 N–H and O–H groups in total. The molecule has 0 radical (unpaired) electrons. The Labute approximate surface area is 182 Å². The highest BCUT2D eigenvalue weighted by Crippen LogP contribution is 2.12. The van der Waals surface area contributed by atoms with Gasteiger partial charge < -0.3 is 0 Å². The lowest BCUT2D eigenvalue weighted by Crippen LogP contribution is -1.88. The smallest absolute Gasteiger partial charge is 0.00257 e. The van der Waals surface area contributed by atoms with Gasteiger partial charge in [0.05, 0.1) is 0 Å². The van der Waals surface area contributed by atoms with E-state index in [1.165, 1.54) is 44.5 Å². The molecule has 0 saturated carbocycles. The van der Waals surface area contributed by atoms with Crippen molar-refractivity contribution in [3.8, 4) is 0 Å². The molecule has 0 fully saturated rings. The molecule has 0 bridgehead atoms. The molecule has 0 saturated heterocycles. The van der Waals surface area contributed by atoms with Crippen molar-refractivity contribution in [1.82, 2.24) is 0 Å². The summed E-state index contributed by atoms with van der Waals surface area (Å²) in [5.41, 5.74) is 10.8. The fourth-order valence-corrected chi connectivity index (χ4v) is 3.41. The van der Waals surface area contributed by atoms with Crippen LogP contribution in [0.2, 0.25) is 0 Å². The van der Waals surface area contributed by atoms with Crippen LogP contribution in [0.25, 0.3) is 0 Å². The Morgan fingerprint density at radius 2 is 0.733 bits per heavy atom. The Morgan fingerprint density at radius 1 is 0.367 bits per heavy atom. The topological polar surface area (TPSA) is 0 Å². The van der Waals surface area contributed by atoms with E-state index in [1.54, 1.807) is 0 Å². The van der Waals surface area contributed by atoms with E-state index < -0.39 is 0 Å². The standard InChI is InChI=1S/2C15H16/c1-12-3-7-14(8-4-12)11-15-9-5-13(2)6-10-15;1-12-6-8-14(9-7-12)11-15-5-3-4-13(2)10-15/h2*3-10H,11H2,1-2H3. The van der Waals surface area contributed by atoms with Crippen molar-refractivity contribution in [2.24, 2.45) is 0 Å². The van der Waals surface area contributed by atoms with Crippen molar-refractivity contribution in [3.63, 3.8) is 0 Å². The van der Waals surface area contributed by atoms with E-state index in [2.05, 4.69) is 125 Å². The van der Waals surface area contributed by atoms with E-state index in [4.69, 9.17) is 0 Å². The second-order valence-corrected chi connectivity index (χ2v) is 8.30. The monoisotopic (exact) mass is 392 g/mol. The highest BCUT2D eigenvalue weighted by atomic mass is 14.0. The molecular weight excluding hydrogens is 360 g/mol. The number of hydrogen-bond acceptors (Lipinski definition) is 0. The van der Waals surface area contributed by atoms with Crippen LogP contribution in [-0.2, 0) is 12.8 Å². The van der Waals surface area contributed by atoms with Crippen LogP contribution in [0.4, 0.5) is 0 Å². The third-order valence-corrected chi connectivity index (χ3v) is 5.26. The van der Waals surface area contributed by atoms with Crippen LogP contribution in [0.1, 0.15) is 44.5 Å². The van der Waals surface area contributed by atoms with Gasteiger partial charge in [-0.05, 0) is 62.8 Å². The molecule has 4 aromatic carbocycles.